The first-order valence-corrected chi connectivity index (χ1v) is 9.80. The number of anilines is 1. The van der Waals surface area contributed by atoms with E-state index in [1.165, 1.54) is 10.4 Å². The molecule has 25 heavy (non-hydrogen) atoms. The van der Waals surface area contributed by atoms with Gasteiger partial charge in [0.25, 0.3) is 5.91 Å². The third-order valence-corrected chi connectivity index (χ3v) is 6.61. The third kappa shape index (κ3) is 4.06. The van der Waals surface area contributed by atoms with E-state index in [0.29, 0.717) is 36.5 Å². The number of morpholine rings is 1. The predicted molar refractivity (Wildman–Crippen MR) is 95.9 cm³/mol. The number of benzene rings is 1. The average Bonchev–Trinajstić information content (AvgIpc) is 2.63. The van der Waals surface area contributed by atoms with Crippen molar-refractivity contribution in [3.05, 3.63) is 52.8 Å². The number of hydrogen-bond donors (Lipinski definition) is 1. The standard InChI is InChI=1S/C16H16BrN3O4S/c17-14-2-1-12(16(21)19-13-3-5-18-6-4-13)11-15(14)25(22,23)20-7-9-24-10-8-20/h1-6,11H,7-10H2,(H,18,19,21). The number of ether oxygens (including phenoxy) is 1. The minimum absolute atomic E-state index is 0.0665. The molecule has 1 aliphatic rings. The quantitative estimate of drug-likeness (QED) is 0.809. The number of aromatic nitrogens is 1. The minimum atomic E-state index is -3.71. The lowest BCUT2D eigenvalue weighted by Crippen LogP contribution is -2.40. The second kappa shape index (κ2) is 7.61. The summed E-state index contributed by atoms with van der Waals surface area (Å²) in [6.45, 7) is 1.31. The molecule has 9 heteroatoms. The molecule has 132 valence electrons. The van der Waals surface area contributed by atoms with Gasteiger partial charge in [-0.05, 0) is 46.3 Å². The van der Waals surface area contributed by atoms with Crippen LogP contribution in [-0.2, 0) is 14.8 Å². The number of carbonyl (C=O) groups excluding carboxylic acids is 1. The van der Waals surface area contributed by atoms with Crippen LogP contribution in [0.15, 0.2) is 52.1 Å². The lowest BCUT2D eigenvalue weighted by Gasteiger charge is -2.26. The SMILES string of the molecule is O=C(Nc1ccncc1)c1ccc(Br)c(S(=O)(=O)N2CCOCC2)c1. The number of nitrogens with zero attached hydrogens (tertiary/aromatic N) is 2. The smallest absolute Gasteiger partial charge is 0.255 e. The van der Waals surface area contributed by atoms with Crippen LogP contribution in [0.25, 0.3) is 0 Å². The predicted octanol–water partition coefficient (Wildman–Crippen LogP) is 2.12. The zero-order valence-corrected chi connectivity index (χ0v) is 15.6. The van der Waals surface area contributed by atoms with E-state index in [9.17, 15) is 13.2 Å². The van der Waals surface area contributed by atoms with Gasteiger partial charge >= 0.3 is 0 Å². The van der Waals surface area contributed by atoms with E-state index in [4.69, 9.17) is 4.74 Å². The van der Waals surface area contributed by atoms with Crippen LogP contribution in [0.2, 0.25) is 0 Å². The zero-order valence-electron chi connectivity index (χ0n) is 13.2. The van der Waals surface area contributed by atoms with E-state index < -0.39 is 15.9 Å². The van der Waals surface area contributed by atoms with Crippen molar-refractivity contribution in [1.82, 2.24) is 9.29 Å². The summed E-state index contributed by atoms with van der Waals surface area (Å²) in [5.41, 5.74) is 0.840. The van der Waals surface area contributed by atoms with E-state index in [1.54, 1.807) is 36.7 Å². The van der Waals surface area contributed by atoms with Crippen molar-refractivity contribution >= 4 is 37.5 Å². The number of sulfonamides is 1. The molecule has 3 rings (SSSR count). The van der Waals surface area contributed by atoms with Crippen LogP contribution in [0.1, 0.15) is 10.4 Å². The molecular weight excluding hydrogens is 410 g/mol. The van der Waals surface area contributed by atoms with Crippen LogP contribution in [0.5, 0.6) is 0 Å². The second-order valence-electron chi connectivity index (χ2n) is 5.35. The van der Waals surface area contributed by atoms with Gasteiger partial charge in [-0.3, -0.25) is 9.78 Å². The molecule has 7 nitrogen and oxygen atoms in total. The van der Waals surface area contributed by atoms with Crippen molar-refractivity contribution < 1.29 is 17.9 Å². The maximum absolute atomic E-state index is 12.8. The molecule has 2 aromatic rings. The fourth-order valence-corrected chi connectivity index (χ4v) is 4.77. The lowest BCUT2D eigenvalue weighted by atomic mass is 10.2. The van der Waals surface area contributed by atoms with Crippen LogP contribution in [-0.4, -0.2) is 49.9 Å². The highest BCUT2D eigenvalue weighted by Crippen LogP contribution is 2.27. The molecule has 0 radical (unpaired) electrons. The first kappa shape index (κ1) is 18.0. The molecule has 0 spiro atoms. The molecule has 0 aliphatic carbocycles. The first-order chi connectivity index (χ1) is 12.0. The molecule has 2 heterocycles. The Kier molecular flexibility index (Phi) is 5.48. The van der Waals surface area contributed by atoms with Gasteiger partial charge in [-0.15, -0.1) is 0 Å². The van der Waals surface area contributed by atoms with E-state index >= 15 is 0 Å². The molecule has 1 aromatic carbocycles. The van der Waals surface area contributed by atoms with Crippen molar-refractivity contribution in [2.75, 3.05) is 31.6 Å². The normalized spacial score (nSPS) is 15.7. The molecule has 1 N–H and O–H groups in total. The van der Waals surface area contributed by atoms with Gasteiger partial charge in [-0.1, -0.05) is 0 Å². The molecule has 1 amide bonds. The number of halogens is 1. The Hall–Kier alpha value is -1.81. The van der Waals surface area contributed by atoms with Crippen molar-refractivity contribution in [2.24, 2.45) is 0 Å². The van der Waals surface area contributed by atoms with Crippen molar-refractivity contribution in [1.29, 1.82) is 0 Å². The molecule has 1 fully saturated rings. The molecule has 1 saturated heterocycles. The summed E-state index contributed by atoms with van der Waals surface area (Å²) >= 11 is 3.27. The number of pyridine rings is 1. The molecular formula is C16H16BrN3O4S. The number of hydrogen-bond acceptors (Lipinski definition) is 5. The summed E-state index contributed by atoms with van der Waals surface area (Å²) in [6, 6.07) is 7.82. The molecule has 1 aliphatic heterocycles. The maximum Gasteiger partial charge on any atom is 0.255 e. The third-order valence-electron chi connectivity index (χ3n) is 3.72. The molecule has 0 atom stereocenters. The van der Waals surface area contributed by atoms with Gasteiger partial charge in [0.05, 0.1) is 18.1 Å². The average molecular weight is 426 g/mol. The van der Waals surface area contributed by atoms with Gasteiger partial charge in [0, 0.05) is 41.2 Å². The highest BCUT2D eigenvalue weighted by atomic mass is 79.9. The molecule has 0 saturated carbocycles. The summed E-state index contributed by atoms with van der Waals surface area (Å²) in [6.07, 6.45) is 3.12. The van der Waals surface area contributed by atoms with Crippen molar-refractivity contribution in [3.63, 3.8) is 0 Å². The number of carbonyl (C=O) groups is 1. The van der Waals surface area contributed by atoms with Crippen molar-refractivity contribution in [3.8, 4) is 0 Å². The van der Waals surface area contributed by atoms with Gasteiger partial charge in [-0.2, -0.15) is 4.31 Å². The Bertz CT molecular complexity index is 868. The highest BCUT2D eigenvalue weighted by molar-refractivity contribution is 9.10. The van der Waals surface area contributed by atoms with Crippen molar-refractivity contribution in [2.45, 2.75) is 4.90 Å². The molecule has 1 aromatic heterocycles. The van der Waals surface area contributed by atoms with Crippen LogP contribution in [0.3, 0.4) is 0 Å². The van der Waals surface area contributed by atoms with Crippen LogP contribution >= 0.6 is 15.9 Å². The van der Waals surface area contributed by atoms with Crippen LogP contribution in [0.4, 0.5) is 5.69 Å². The lowest BCUT2D eigenvalue weighted by molar-refractivity contribution is 0.0730. The summed E-state index contributed by atoms with van der Waals surface area (Å²) in [5.74, 6) is -0.392. The second-order valence-corrected chi connectivity index (χ2v) is 8.11. The van der Waals surface area contributed by atoms with Crippen LogP contribution in [0, 0.1) is 0 Å². The maximum atomic E-state index is 12.8. The Morgan fingerprint density at radius 2 is 1.84 bits per heavy atom. The van der Waals surface area contributed by atoms with Gasteiger partial charge in [-0.25, -0.2) is 8.42 Å². The summed E-state index contributed by atoms with van der Waals surface area (Å²) in [5, 5.41) is 2.71. The van der Waals surface area contributed by atoms with E-state index in [0.717, 1.165) is 0 Å². The Balaban J connectivity index is 1.88. The number of nitrogens with one attached hydrogen (secondary N) is 1. The first-order valence-electron chi connectivity index (χ1n) is 7.57. The highest BCUT2D eigenvalue weighted by Gasteiger charge is 2.29. The number of amides is 1. The topological polar surface area (TPSA) is 88.6 Å². The van der Waals surface area contributed by atoms with Gasteiger partial charge in [0.2, 0.25) is 10.0 Å². The fraction of sp³-hybridized carbons (Fsp3) is 0.250. The molecule has 0 unspecified atom stereocenters. The van der Waals surface area contributed by atoms with E-state index in [2.05, 4.69) is 26.2 Å². The van der Waals surface area contributed by atoms with Crippen LogP contribution < -0.4 is 5.32 Å². The minimum Gasteiger partial charge on any atom is -0.379 e. The fourth-order valence-electron chi connectivity index (χ4n) is 2.41. The summed E-state index contributed by atoms with van der Waals surface area (Å²) < 4.78 is 32.7. The van der Waals surface area contributed by atoms with E-state index in [1.807, 2.05) is 0 Å². The van der Waals surface area contributed by atoms with Gasteiger partial charge < -0.3 is 10.1 Å². The van der Waals surface area contributed by atoms with Gasteiger partial charge in [0.15, 0.2) is 0 Å². The summed E-state index contributed by atoms with van der Waals surface area (Å²) in [7, 11) is -3.71. The Morgan fingerprint density at radius 1 is 1.16 bits per heavy atom. The largest absolute Gasteiger partial charge is 0.379 e. The Morgan fingerprint density at radius 3 is 2.52 bits per heavy atom. The zero-order chi connectivity index (χ0) is 17.9. The summed E-state index contributed by atoms with van der Waals surface area (Å²) in [4.78, 5) is 16.4. The van der Waals surface area contributed by atoms with E-state index in [-0.39, 0.29) is 10.5 Å². The Labute approximate surface area is 154 Å². The monoisotopic (exact) mass is 425 g/mol. The number of rotatable bonds is 4. The molecule has 0 bridgehead atoms. The van der Waals surface area contributed by atoms with Gasteiger partial charge in [0.1, 0.15) is 0 Å².